The molecule has 0 unspecified atom stereocenters. The molecule has 114 valence electrons. The largest absolute Gasteiger partial charge is 0.453 e. The van der Waals surface area contributed by atoms with Crippen LogP contribution in [0.3, 0.4) is 0 Å². The van der Waals surface area contributed by atoms with Crippen LogP contribution in [0.25, 0.3) is 0 Å². The number of ether oxygens (including phenoxy) is 1. The van der Waals surface area contributed by atoms with Crippen LogP contribution in [0, 0.1) is 10.8 Å². The van der Waals surface area contributed by atoms with Crippen molar-refractivity contribution in [2.75, 3.05) is 33.3 Å². The molecule has 7 heteroatoms. The first kappa shape index (κ1) is 15.1. The average molecular weight is 292 g/mol. The molecule has 0 radical (unpaired) electrons. The van der Waals surface area contributed by atoms with E-state index in [2.05, 4.69) is 14.8 Å². The van der Waals surface area contributed by atoms with Crippen molar-refractivity contribution in [3.05, 3.63) is 24.6 Å². The van der Waals surface area contributed by atoms with Crippen molar-refractivity contribution < 1.29 is 14.4 Å². The van der Waals surface area contributed by atoms with Gasteiger partial charge in [-0.25, -0.2) is 4.79 Å². The Balaban J connectivity index is 1.67. The van der Waals surface area contributed by atoms with Crippen LogP contribution in [0.4, 0.5) is 4.79 Å². The maximum atomic E-state index is 11.3. The molecular weight excluding hydrogens is 272 g/mol. The number of likely N-dealkylation sites (tertiary alicyclic amines) is 2. The first-order valence-electron chi connectivity index (χ1n) is 6.73. The number of carbonyl (C=O) groups excluding carboxylic acids is 1. The summed E-state index contributed by atoms with van der Waals surface area (Å²) < 4.78 is 4.68. The number of oxime groups is 1. The highest BCUT2D eigenvalue weighted by Gasteiger charge is 2.52. The van der Waals surface area contributed by atoms with E-state index in [-0.39, 0.29) is 11.5 Å². The van der Waals surface area contributed by atoms with Gasteiger partial charge in [-0.3, -0.25) is 0 Å². The number of carbonyl (C=O) groups is 1. The van der Waals surface area contributed by atoms with Gasteiger partial charge in [-0.2, -0.15) is 0 Å². The standard InChI is InChI=1S/C14H20N4O3/c1-3-16-21-7-5-12(15)4-6-17-8-14(9-17)10-18(11-14)13(19)20-2/h3-7,15H,8-11H2,1-2H3/b6-4+,7-5+,15-12?,16-3+. The third-order valence-electron chi connectivity index (χ3n) is 3.50. The van der Waals surface area contributed by atoms with Crippen molar-refractivity contribution in [3.63, 3.8) is 0 Å². The van der Waals surface area contributed by atoms with Crippen LogP contribution < -0.4 is 0 Å². The molecule has 0 aromatic heterocycles. The zero-order chi connectivity index (χ0) is 15.3. The van der Waals surface area contributed by atoms with Crippen molar-refractivity contribution in [2.45, 2.75) is 6.92 Å². The predicted molar refractivity (Wildman–Crippen MR) is 79.2 cm³/mol. The van der Waals surface area contributed by atoms with Gasteiger partial charge in [0.15, 0.2) is 0 Å². The molecule has 0 bridgehead atoms. The molecule has 0 saturated carbocycles. The van der Waals surface area contributed by atoms with E-state index >= 15 is 0 Å². The van der Waals surface area contributed by atoms with Crippen LogP contribution in [0.1, 0.15) is 6.92 Å². The lowest BCUT2D eigenvalue weighted by Crippen LogP contribution is -2.71. The molecule has 7 nitrogen and oxygen atoms in total. The number of rotatable bonds is 5. The van der Waals surface area contributed by atoms with Gasteiger partial charge < -0.3 is 24.8 Å². The van der Waals surface area contributed by atoms with Gasteiger partial charge in [0.2, 0.25) is 0 Å². The lowest BCUT2D eigenvalue weighted by Gasteiger charge is -2.59. The van der Waals surface area contributed by atoms with Gasteiger partial charge in [-0.05, 0) is 13.0 Å². The normalized spacial score (nSPS) is 20.1. The van der Waals surface area contributed by atoms with Gasteiger partial charge in [0.05, 0.1) is 12.8 Å². The van der Waals surface area contributed by atoms with E-state index in [4.69, 9.17) is 10.2 Å². The van der Waals surface area contributed by atoms with Gasteiger partial charge in [0, 0.05) is 50.1 Å². The molecule has 1 spiro atoms. The number of nitrogens with zero attached hydrogens (tertiary/aromatic N) is 3. The molecule has 2 fully saturated rings. The topological polar surface area (TPSA) is 78.2 Å². The van der Waals surface area contributed by atoms with Crippen molar-refractivity contribution in [1.82, 2.24) is 9.80 Å². The Labute approximate surface area is 124 Å². The van der Waals surface area contributed by atoms with E-state index in [1.165, 1.54) is 25.7 Å². The van der Waals surface area contributed by atoms with Gasteiger partial charge >= 0.3 is 6.09 Å². The summed E-state index contributed by atoms with van der Waals surface area (Å²) in [5, 5.41) is 11.2. The lowest BCUT2D eigenvalue weighted by molar-refractivity contribution is -0.0837. The van der Waals surface area contributed by atoms with Gasteiger partial charge in [-0.15, -0.1) is 0 Å². The summed E-state index contributed by atoms with van der Waals surface area (Å²) in [7, 11) is 1.40. The molecular formula is C14H20N4O3. The molecule has 2 rings (SSSR count). The van der Waals surface area contributed by atoms with Crippen molar-refractivity contribution in [1.29, 1.82) is 5.41 Å². The van der Waals surface area contributed by atoms with E-state index in [0.717, 1.165) is 26.2 Å². The molecule has 0 aliphatic carbocycles. The van der Waals surface area contributed by atoms with E-state index in [1.807, 2.05) is 6.20 Å². The van der Waals surface area contributed by atoms with Crippen LogP contribution in [-0.4, -0.2) is 61.1 Å². The molecule has 2 saturated heterocycles. The second-order valence-corrected chi connectivity index (χ2v) is 5.27. The Morgan fingerprint density at radius 1 is 1.29 bits per heavy atom. The Morgan fingerprint density at radius 2 is 2.00 bits per heavy atom. The molecule has 2 aliphatic heterocycles. The highest BCUT2D eigenvalue weighted by molar-refractivity contribution is 6.01. The second kappa shape index (κ2) is 6.43. The quantitative estimate of drug-likeness (QED) is 0.472. The number of amides is 1. The van der Waals surface area contributed by atoms with Crippen LogP contribution in [0.2, 0.25) is 0 Å². The number of hydrogen-bond donors (Lipinski definition) is 1. The zero-order valence-corrected chi connectivity index (χ0v) is 12.3. The summed E-state index contributed by atoms with van der Waals surface area (Å²) in [6.45, 7) is 5.07. The van der Waals surface area contributed by atoms with E-state index in [0.29, 0.717) is 5.71 Å². The van der Waals surface area contributed by atoms with E-state index < -0.39 is 0 Å². The van der Waals surface area contributed by atoms with Crippen LogP contribution in [0.15, 0.2) is 29.8 Å². The van der Waals surface area contributed by atoms with Crippen LogP contribution in [-0.2, 0) is 9.57 Å². The maximum absolute atomic E-state index is 11.3. The summed E-state index contributed by atoms with van der Waals surface area (Å²) in [4.78, 5) is 19.9. The third kappa shape index (κ3) is 3.62. The van der Waals surface area contributed by atoms with Crippen molar-refractivity contribution >= 4 is 18.0 Å². The molecule has 0 aromatic rings. The summed E-state index contributed by atoms with van der Waals surface area (Å²) in [6, 6.07) is 0. The SMILES string of the molecule is C/C=N/O/C=C/C(=N)/C=C/N1CC2(C1)CN(C(=O)OC)C2. The number of nitrogens with one attached hydrogen (secondary N) is 1. The fraction of sp³-hybridized carbons (Fsp3) is 0.500. The fourth-order valence-electron chi connectivity index (χ4n) is 2.58. The number of hydrogen-bond acceptors (Lipinski definition) is 6. The van der Waals surface area contributed by atoms with Gasteiger partial charge in [0.25, 0.3) is 0 Å². The first-order valence-corrected chi connectivity index (χ1v) is 6.73. The molecule has 0 aromatic carbocycles. The molecule has 2 aliphatic rings. The van der Waals surface area contributed by atoms with Gasteiger partial charge in [-0.1, -0.05) is 5.16 Å². The van der Waals surface area contributed by atoms with Crippen LogP contribution >= 0.6 is 0 Å². The molecule has 21 heavy (non-hydrogen) atoms. The van der Waals surface area contributed by atoms with E-state index in [9.17, 15) is 4.79 Å². The monoisotopic (exact) mass is 292 g/mol. The number of methoxy groups -OCH3 is 1. The van der Waals surface area contributed by atoms with Crippen molar-refractivity contribution in [2.24, 2.45) is 10.6 Å². The second-order valence-electron chi connectivity index (χ2n) is 5.27. The molecule has 1 amide bonds. The maximum Gasteiger partial charge on any atom is 0.409 e. The van der Waals surface area contributed by atoms with Gasteiger partial charge in [0.1, 0.15) is 6.26 Å². The number of allylic oxidation sites excluding steroid dienone is 2. The summed E-state index contributed by atoms with van der Waals surface area (Å²) >= 11 is 0. The average Bonchev–Trinajstić information content (AvgIpc) is 2.39. The van der Waals surface area contributed by atoms with E-state index in [1.54, 1.807) is 17.9 Å². The summed E-state index contributed by atoms with van der Waals surface area (Å²) in [5.74, 6) is 0. The first-order chi connectivity index (χ1) is 10.1. The minimum Gasteiger partial charge on any atom is -0.453 e. The Bertz CT molecular complexity index is 484. The van der Waals surface area contributed by atoms with Crippen molar-refractivity contribution in [3.8, 4) is 0 Å². The fourth-order valence-corrected chi connectivity index (χ4v) is 2.58. The Morgan fingerprint density at radius 3 is 2.62 bits per heavy atom. The Hall–Kier alpha value is -2.31. The lowest BCUT2D eigenvalue weighted by atomic mass is 9.73. The minimum absolute atomic E-state index is 0.218. The highest BCUT2D eigenvalue weighted by atomic mass is 16.6. The highest BCUT2D eigenvalue weighted by Crippen LogP contribution is 2.39. The zero-order valence-electron chi connectivity index (χ0n) is 12.3. The molecule has 0 atom stereocenters. The smallest absolute Gasteiger partial charge is 0.409 e. The predicted octanol–water partition coefficient (Wildman–Crippen LogP) is 1.44. The third-order valence-corrected chi connectivity index (χ3v) is 3.50. The molecule has 1 N–H and O–H groups in total. The van der Waals surface area contributed by atoms with Crippen LogP contribution in [0.5, 0.6) is 0 Å². The minimum atomic E-state index is -0.253. The summed E-state index contributed by atoms with van der Waals surface area (Å²) in [6.07, 6.45) is 7.77. The Kier molecular flexibility index (Phi) is 4.62. The molecule has 2 heterocycles. The summed E-state index contributed by atoms with van der Waals surface area (Å²) in [5.41, 5.74) is 0.558.